The monoisotopic (exact) mass is 123 g/mol. The third-order valence-electron chi connectivity index (χ3n) is 1.47. The Balaban J connectivity index is 2.29. The molecule has 0 aromatic carbocycles. The molecule has 0 aromatic rings. The zero-order chi connectivity index (χ0) is 6.69. The van der Waals surface area contributed by atoms with E-state index >= 15 is 0 Å². The molecule has 1 nitrogen and oxygen atoms in total. The molecule has 0 aromatic heterocycles. The number of hydrogen-bond donors (Lipinski definition) is 1. The van der Waals surface area contributed by atoms with E-state index in [-0.39, 0.29) is 0 Å². The standard InChI is InChI=1S/C8H13N/c1-7(9)6-8-4-2-3-5-8/h2-5,7-8H,6,9H2,1H3. The predicted octanol–water partition coefficient (Wildman–Crippen LogP) is 1.47. The third kappa shape index (κ3) is 2.02. The Morgan fingerprint density at radius 2 is 2.00 bits per heavy atom. The molecule has 1 aliphatic rings. The van der Waals surface area contributed by atoms with Crippen molar-refractivity contribution in [2.75, 3.05) is 0 Å². The first kappa shape index (κ1) is 6.56. The Kier molecular flexibility index (Phi) is 2.06. The van der Waals surface area contributed by atoms with Crippen LogP contribution < -0.4 is 5.73 Å². The lowest BCUT2D eigenvalue weighted by Gasteiger charge is -2.07. The van der Waals surface area contributed by atoms with Gasteiger partial charge in [-0.3, -0.25) is 0 Å². The summed E-state index contributed by atoms with van der Waals surface area (Å²) in [6.45, 7) is 2.04. The van der Waals surface area contributed by atoms with E-state index in [0.717, 1.165) is 6.42 Å². The molecular formula is C8H13N. The van der Waals surface area contributed by atoms with E-state index in [1.54, 1.807) is 0 Å². The summed E-state index contributed by atoms with van der Waals surface area (Å²) in [5.41, 5.74) is 5.60. The summed E-state index contributed by atoms with van der Waals surface area (Å²) >= 11 is 0. The molecule has 9 heavy (non-hydrogen) atoms. The van der Waals surface area contributed by atoms with E-state index in [1.165, 1.54) is 0 Å². The van der Waals surface area contributed by atoms with Gasteiger partial charge in [0, 0.05) is 6.04 Å². The summed E-state index contributed by atoms with van der Waals surface area (Å²) < 4.78 is 0. The summed E-state index contributed by atoms with van der Waals surface area (Å²) in [5.74, 6) is 0.602. The molecule has 50 valence electrons. The van der Waals surface area contributed by atoms with Gasteiger partial charge in [-0.25, -0.2) is 0 Å². The minimum atomic E-state index is 0.322. The van der Waals surface area contributed by atoms with Crippen molar-refractivity contribution in [2.45, 2.75) is 19.4 Å². The average Bonchev–Trinajstić information content (AvgIpc) is 2.15. The van der Waals surface area contributed by atoms with Crippen LogP contribution in [0.2, 0.25) is 0 Å². The summed E-state index contributed by atoms with van der Waals surface area (Å²) in [5, 5.41) is 0. The predicted molar refractivity (Wildman–Crippen MR) is 40.0 cm³/mol. The molecule has 0 fully saturated rings. The maximum Gasteiger partial charge on any atom is 0.00190 e. The second-order valence-corrected chi connectivity index (χ2v) is 2.65. The van der Waals surface area contributed by atoms with Crippen molar-refractivity contribution < 1.29 is 0 Å². The fourth-order valence-corrected chi connectivity index (χ4v) is 1.06. The molecule has 2 N–H and O–H groups in total. The van der Waals surface area contributed by atoms with Crippen LogP contribution in [0, 0.1) is 5.92 Å². The molecule has 0 bridgehead atoms. The van der Waals surface area contributed by atoms with Crippen molar-refractivity contribution >= 4 is 0 Å². The zero-order valence-corrected chi connectivity index (χ0v) is 5.75. The Labute approximate surface area is 56.2 Å². The topological polar surface area (TPSA) is 26.0 Å². The summed E-state index contributed by atoms with van der Waals surface area (Å²) in [6.07, 6.45) is 9.60. The maximum absolute atomic E-state index is 5.60. The molecular weight excluding hydrogens is 110 g/mol. The highest BCUT2D eigenvalue weighted by Gasteiger charge is 2.04. The number of hydrogen-bond acceptors (Lipinski definition) is 1. The minimum absolute atomic E-state index is 0.322. The second-order valence-electron chi connectivity index (χ2n) is 2.65. The molecule has 0 saturated carbocycles. The van der Waals surface area contributed by atoms with Crippen LogP contribution in [0.5, 0.6) is 0 Å². The fraction of sp³-hybridized carbons (Fsp3) is 0.500. The Morgan fingerprint density at radius 3 is 2.44 bits per heavy atom. The van der Waals surface area contributed by atoms with E-state index in [1.807, 2.05) is 6.92 Å². The van der Waals surface area contributed by atoms with Gasteiger partial charge in [0.1, 0.15) is 0 Å². The Morgan fingerprint density at radius 1 is 1.44 bits per heavy atom. The SMILES string of the molecule is CC(N)CC1C=CC=C1. The van der Waals surface area contributed by atoms with E-state index in [0.29, 0.717) is 12.0 Å². The third-order valence-corrected chi connectivity index (χ3v) is 1.47. The van der Waals surface area contributed by atoms with Crippen LogP contribution in [0.15, 0.2) is 24.3 Å². The average molecular weight is 123 g/mol. The van der Waals surface area contributed by atoms with E-state index in [9.17, 15) is 0 Å². The van der Waals surface area contributed by atoms with Crippen molar-refractivity contribution in [1.29, 1.82) is 0 Å². The smallest absolute Gasteiger partial charge is 0.00190 e. The van der Waals surface area contributed by atoms with Gasteiger partial charge in [0.2, 0.25) is 0 Å². The molecule has 0 saturated heterocycles. The molecule has 1 aliphatic carbocycles. The number of rotatable bonds is 2. The Hall–Kier alpha value is -0.560. The van der Waals surface area contributed by atoms with E-state index < -0.39 is 0 Å². The maximum atomic E-state index is 5.60. The van der Waals surface area contributed by atoms with Gasteiger partial charge in [0.25, 0.3) is 0 Å². The lowest BCUT2D eigenvalue weighted by Crippen LogP contribution is -2.17. The fourth-order valence-electron chi connectivity index (χ4n) is 1.06. The van der Waals surface area contributed by atoms with Crippen molar-refractivity contribution in [1.82, 2.24) is 0 Å². The lowest BCUT2D eigenvalue weighted by atomic mass is 10.0. The second kappa shape index (κ2) is 2.83. The quantitative estimate of drug-likeness (QED) is 0.591. The highest BCUT2D eigenvalue weighted by molar-refractivity contribution is 5.17. The van der Waals surface area contributed by atoms with Crippen molar-refractivity contribution in [3.8, 4) is 0 Å². The van der Waals surface area contributed by atoms with Crippen LogP contribution in [0.4, 0.5) is 0 Å². The first-order chi connectivity index (χ1) is 4.29. The van der Waals surface area contributed by atoms with Gasteiger partial charge in [0.05, 0.1) is 0 Å². The van der Waals surface area contributed by atoms with Crippen LogP contribution in [0.1, 0.15) is 13.3 Å². The number of nitrogens with two attached hydrogens (primary N) is 1. The van der Waals surface area contributed by atoms with Gasteiger partial charge in [-0.15, -0.1) is 0 Å². The molecule has 1 unspecified atom stereocenters. The van der Waals surface area contributed by atoms with Crippen molar-refractivity contribution in [3.63, 3.8) is 0 Å². The van der Waals surface area contributed by atoms with Crippen LogP contribution in [0.25, 0.3) is 0 Å². The Bertz CT molecular complexity index is 122. The first-order valence-electron chi connectivity index (χ1n) is 3.39. The van der Waals surface area contributed by atoms with Crippen LogP contribution in [-0.4, -0.2) is 6.04 Å². The van der Waals surface area contributed by atoms with Gasteiger partial charge < -0.3 is 5.73 Å². The molecule has 0 amide bonds. The van der Waals surface area contributed by atoms with Gasteiger partial charge in [-0.05, 0) is 19.3 Å². The van der Waals surface area contributed by atoms with E-state index in [2.05, 4.69) is 24.3 Å². The van der Waals surface area contributed by atoms with Gasteiger partial charge in [-0.1, -0.05) is 24.3 Å². The highest BCUT2D eigenvalue weighted by atomic mass is 14.6. The molecule has 0 aliphatic heterocycles. The molecule has 1 heteroatoms. The molecule has 0 heterocycles. The van der Waals surface area contributed by atoms with Crippen LogP contribution >= 0.6 is 0 Å². The minimum Gasteiger partial charge on any atom is -0.328 e. The van der Waals surface area contributed by atoms with Gasteiger partial charge >= 0.3 is 0 Å². The van der Waals surface area contributed by atoms with Gasteiger partial charge in [-0.2, -0.15) is 0 Å². The highest BCUT2D eigenvalue weighted by Crippen LogP contribution is 2.13. The molecule has 1 rings (SSSR count). The molecule has 1 atom stereocenters. The van der Waals surface area contributed by atoms with Crippen LogP contribution in [-0.2, 0) is 0 Å². The summed E-state index contributed by atoms with van der Waals surface area (Å²) in [4.78, 5) is 0. The van der Waals surface area contributed by atoms with Crippen molar-refractivity contribution in [2.24, 2.45) is 11.7 Å². The number of allylic oxidation sites excluding steroid dienone is 4. The van der Waals surface area contributed by atoms with Crippen LogP contribution in [0.3, 0.4) is 0 Å². The zero-order valence-electron chi connectivity index (χ0n) is 5.75. The largest absolute Gasteiger partial charge is 0.328 e. The first-order valence-corrected chi connectivity index (χ1v) is 3.39. The summed E-state index contributed by atoms with van der Waals surface area (Å²) in [7, 11) is 0. The van der Waals surface area contributed by atoms with E-state index in [4.69, 9.17) is 5.73 Å². The normalized spacial score (nSPS) is 21.1. The van der Waals surface area contributed by atoms with Gasteiger partial charge in [0.15, 0.2) is 0 Å². The lowest BCUT2D eigenvalue weighted by molar-refractivity contribution is 0.604. The molecule has 0 spiro atoms. The summed E-state index contributed by atoms with van der Waals surface area (Å²) in [6, 6.07) is 0.322. The van der Waals surface area contributed by atoms with Crippen molar-refractivity contribution in [3.05, 3.63) is 24.3 Å². The molecule has 0 radical (unpaired) electrons.